The molecule has 0 unspecified atom stereocenters. The second-order valence-corrected chi connectivity index (χ2v) is 7.54. The summed E-state index contributed by atoms with van der Waals surface area (Å²) in [6, 6.07) is 12.6. The van der Waals surface area contributed by atoms with Crippen LogP contribution in [0.2, 0.25) is 0 Å². The third-order valence-electron chi connectivity index (χ3n) is 4.24. The summed E-state index contributed by atoms with van der Waals surface area (Å²) < 4.78 is 2.19. The molecule has 0 bridgehead atoms. The standard InChI is InChI=1S/C20H25N3OS/c1-16-8-9-25-20(16)14-22(11-17(2)24)13-19-10-21-15-23(19)12-18-6-4-3-5-7-18/h3-10,15,17,24H,11-14H2,1-2H3/t17-/m1/s1. The molecule has 1 atom stereocenters. The van der Waals surface area contributed by atoms with E-state index in [-0.39, 0.29) is 6.10 Å². The van der Waals surface area contributed by atoms with Gasteiger partial charge in [-0.1, -0.05) is 30.3 Å². The van der Waals surface area contributed by atoms with Crippen LogP contribution >= 0.6 is 11.3 Å². The molecule has 0 saturated carbocycles. The zero-order valence-corrected chi connectivity index (χ0v) is 15.6. The molecule has 4 nitrogen and oxygen atoms in total. The van der Waals surface area contributed by atoms with E-state index >= 15 is 0 Å². The average molecular weight is 356 g/mol. The van der Waals surface area contributed by atoms with Gasteiger partial charge in [-0.05, 0) is 36.4 Å². The number of hydrogen-bond donors (Lipinski definition) is 1. The zero-order chi connectivity index (χ0) is 17.6. The molecule has 0 fully saturated rings. The first kappa shape index (κ1) is 17.9. The van der Waals surface area contributed by atoms with Gasteiger partial charge in [0, 0.05) is 37.3 Å². The van der Waals surface area contributed by atoms with Crippen LogP contribution < -0.4 is 0 Å². The summed E-state index contributed by atoms with van der Waals surface area (Å²) in [7, 11) is 0. The van der Waals surface area contributed by atoms with Crippen LogP contribution in [0.15, 0.2) is 54.3 Å². The predicted molar refractivity (Wildman–Crippen MR) is 103 cm³/mol. The highest BCUT2D eigenvalue weighted by atomic mass is 32.1. The summed E-state index contributed by atoms with van der Waals surface area (Å²) in [5.74, 6) is 0. The Balaban J connectivity index is 1.73. The molecule has 0 amide bonds. The first-order chi connectivity index (χ1) is 12.1. The molecule has 0 aliphatic rings. The van der Waals surface area contributed by atoms with Crippen molar-refractivity contribution in [3.8, 4) is 0 Å². The summed E-state index contributed by atoms with van der Waals surface area (Å²) >= 11 is 1.78. The molecule has 25 heavy (non-hydrogen) atoms. The topological polar surface area (TPSA) is 41.3 Å². The summed E-state index contributed by atoms with van der Waals surface area (Å²) in [6.07, 6.45) is 3.46. The number of aliphatic hydroxyl groups is 1. The maximum atomic E-state index is 9.89. The van der Waals surface area contributed by atoms with Crippen LogP contribution in [0.4, 0.5) is 0 Å². The number of aromatic nitrogens is 2. The average Bonchev–Trinajstić information content (AvgIpc) is 3.18. The molecule has 0 saturated heterocycles. The van der Waals surface area contributed by atoms with Gasteiger partial charge < -0.3 is 9.67 Å². The van der Waals surface area contributed by atoms with Crippen LogP contribution in [-0.2, 0) is 19.6 Å². The fourth-order valence-electron chi connectivity index (χ4n) is 2.96. The van der Waals surface area contributed by atoms with E-state index in [2.05, 4.69) is 57.1 Å². The van der Waals surface area contributed by atoms with Crippen molar-refractivity contribution >= 4 is 11.3 Å². The molecule has 5 heteroatoms. The highest BCUT2D eigenvalue weighted by molar-refractivity contribution is 7.10. The van der Waals surface area contributed by atoms with Gasteiger partial charge in [0.15, 0.2) is 0 Å². The molecule has 1 aromatic carbocycles. The summed E-state index contributed by atoms with van der Waals surface area (Å²) in [5.41, 5.74) is 3.75. The number of nitrogens with zero attached hydrogens (tertiary/aromatic N) is 3. The quantitative estimate of drug-likeness (QED) is 0.670. The fraction of sp³-hybridized carbons (Fsp3) is 0.350. The van der Waals surface area contributed by atoms with Gasteiger partial charge in [-0.25, -0.2) is 4.98 Å². The van der Waals surface area contributed by atoms with Gasteiger partial charge in [-0.15, -0.1) is 11.3 Å². The zero-order valence-electron chi connectivity index (χ0n) is 14.8. The summed E-state index contributed by atoms with van der Waals surface area (Å²) in [5, 5.41) is 12.0. The Labute approximate surface area is 153 Å². The Bertz CT molecular complexity index is 779. The summed E-state index contributed by atoms with van der Waals surface area (Å²) in [4.78, 5) is 7.99. The first-order valence-electron chi connectivity index (χ1n) is 8.58. The first-order valence-corrected chi connectivity index (χ1v) is 9.46. The van der Waals surface area contributed by atoms with E-state index < -0.39 is 0 Å². The lowest BCUT2D eigenvalue weighted by molar-refractivity contribution is 0.117. The van der Waals surface area contributed by atoms with Crippen molar-refractivity contribution in [2.24, 2.45) is 0 Å². The van der Waals surface area contributed by atoms with E-state index in [1.54, 1.807) is 11.3 Å². The van der Waals surface area contributed by atoms with Gasteiger partial charge >= 0.3 is 0 Å². The minimum Gasteiger partial charge on any atom is -0.392 e. The number of thiophene rings is 1. The van der Waals surface area contributed by atoms with E-state index in [0.29, 0.717) is 6.54 Å². The lowest BCUT2D eigenvalue weighted by atomic mass is 10.2. The lowest BCUT2D eigenvalue weighted by Crippen LogP contribution is -2.31. The number of hydrogen-bond acceptors (Lipinski definition) is 4. The Morgan fingerprint density at radius 3 is 2.68 bits per heavy atom. The third-order valence-corrected chi connectivity index (χ3v) is 5.25. The number of imidazole rings is 1. The Hall–Kier alpha value is -1.95. The van der Waals surface area contributed by atoms with Gasteiger partial charge in [-0.2, -0.15) is 0 Å². The van der Waals surface area contributed by atoms with Gasteiger partial charge in [0.1, 0.15) is 0 Å². The molecule has 0 spiro atoms. The van der Waals surface area contributed by atoms with E-state index in [0.717, 1.165) is 19.6 Å². The van der Waals surface area contributed by atoms with Gasteiger partial charge in [-0.3, -0.25) is 4.90 Å². The van der Waals surface area contributed by atoms with Gasteiger partial charge in [0.05, 0.1) is 18.1 Å². The number of aryl methyl sites for hydroxylation is 1. The second-order valence-electron chi connectivity index (χ2n) is 6.54. The molecule has 132 valence electrons. The van der Waals surface area contributed by atoms with E-state index in [1.807, 2.05) is 25.5 Å². The minimum atomic E-state index is -0.356. The molecular formula is C20H25N3OS. The minimum absolute atomic E-state index is 0.356. The SMILES string of the molecule is Cc1ccsc1CN(Cc1cncn1Cc1ccccc1)C[C@@H](C)O. The fourth-order valence-corrected chi connectivity index (χ4v) is 3.91. The largest absolute Gasteiger partial charge is 0.392 e. The number of aliphatic hydroxyl groups excluding tert-OH is 1. The van der Waals surface area contributed by atoms with Crippen LogP contribution in [-0.4, -0.2) is 32.2 Å². The maximum absolute atomic E-state index is 9.89. The van der Waals surface area contributed by atoms with Crippen LogP contribution in [0, 0.1) is 6.92 Å². The summed E-state index contributed by atoms with van der Waals surface area (Å²) in [6.45, 7) is 7.08. The molecular weight excluding hydrogens is 330 g/mol. The highest BCUT2D eigenvalue weighted by Crippen LogP contribution is 2.19. The highest BCUT2D eigenvalue weighted by Gasteiger charge is 2.14. The number of rotatable bonds is 8. The number of benzene rings is 1. The Morgan fingerprint density at radius 2 is 2.00 bits per heavy atom. The maximum Gasteiger partial charge on any atom is 0.0951 e. The van der Waals surface area contributed by atoms with Crippen molar-refractivity contribution in [3.63, 3.8) is 0 Å². The van der Waals surface area contributed by atoms with Crippen molar-refractivity contribution < 1.29 is 5.11 Å². The molecule has 0 aliphatic carbocycles. The molecule has 3 aromatic rings. The van der Waals surface area contributed by atoms with E-state index in [9.17, 15) is 5.11 Å². The lowest BCUT2D eigenvalue weighted by Gasteiger charge is -2.24. The molecule has 1 N–H and O–H groups in total. The van der Waals surface area contributed by atoms with Crippen molar-refractivity contribution in [1.29, 1.82) is 0 Å². The Morgan fingerprint density at radius 1 is 1.20 bits per heavy atom. The predicted octanol–water partition coefficient (Wildman–Crippen LogP) is 3.68. The van der Waals surface area contributed by atoms with Crippen molar-refractivity contribution in [1.82, 2.24) is 14.5 Å². The van der Waals surface area contributed by atoms with E-state index in [1.165, 1.54) is 21.7 Å². The second kappa shape index (κ2) is 8.43. The molecule has 2 aromatic heterocycles. The Kier molecular flexibility index (Phi) is 6.02. The van der Waals surface area contributed by atoms with Crippen LogP contribution in [0.1, 0.15) is 28.6 Å². The van der Waals surface area contributed by atoms with Crippen LogP contribution in [0.5, 0.6) is 0 Å². The van der Waals surface area contributed by atoms with Crippen molar-refractivity contribution in [3.05, 3.63) is 76.0 Å². The smallest absolute Gasteiger partial charge is 0.0951 e. The molecule has 0 radical (unpaired) electrons. The normalized spacial score (nSPS) is 12.6. The van der Waals surface area contributed by atoms with Gasteiger partial charge in [0.2, 0.25) is 0 Å². The van der Waals surface area contributed by atoms with Crippen LogP contribution in [0.3, 0.4) is 0 Å². The molecule has 2 heterocycles. The van der Waals surface area contributed by atoms with Gasteiger partial charge in [0.25, 0.3) is 0 Å². The monoisotopic (exact) mass is 355 g/mol. The molecule has 0 aliphatic heterocycles. The third kappa shape index (κ3) is 5.01. The van der Waals surface area contributed by atoms with E-state index in [4.69, 9.17) is 0 Å². The van der Waals surface area contributed by atoms with Crippen molar-refractivity contribution in [2.45, 2.75) is 39.6 Å². The van der Waals surface area contributed by atoms with Crippen molar-refractivity contribution in [2.75, 3.05) is 6.54 Å². The molecule has 3 rings (SSSR count). The van der Waals surface area contributed by atoms with Crippen LogP contribution in [0.25, 0.3) is 0 Å².